The third-order valence-corrected chi connectivity index (χ3v) is 2.78. The van der Waals surface area contributed by atoms with Gasteiger partial charge in [-0.1, -0.05) is 6.07 Å². The van der Waals surface area contributed by atoms with Crippen LogP contribution in [0.4, 0.5) is 11.4 Å². The highest BCUT2D eigenvalue weighted by Gasteiger charge is 2.24. The first-order valence-corrected chi connectivity index (χ1v) is 5.53. The predicted octanol–water partition coefficient (Wildman–Crippen LogP) is 0.810. The van der Waals surface area contributed by atoms with Crippen LogP contribution in [0, 0.1) is 17.0 Å². The van der Waals surface area contributed by atoms with Crippen molar-refractivity contribution in [3.05, 3.63) is 33.4 Å². The van der Waals surface area contributed by atoms with Gasteiger partial charge in [0.1, 0.15) is 11.8 Å². The predicted molar refractivity (Wildman–Crippen MR) is 67.1 cm³/mol. The quantitative estimate of drug-likeness (QED) is 0.276. The van der Waals surface area contributed by atoms with Gasteiger partial charge in [0.05, 0.1) is 11.0 Å². The summed E-state index contributed by atoms with van der Waals surface area (Å²) in [6.45, 7) is 1.65. The van der Waals surface area contributed by atoms with Gasteiger partial charge in [0.25, 0.3) is 5.69 Å². The number of hydrogen-bond acceptors (Lipinski definition) is 6. The number of aliphatic hydroxyl groups excluding tert-OH is 2. The Bertz CT molecular complexity index is 439. The van der Waals surface area contributed by atoms with Gasteiger partial charge in [-0.25, -0.2) is 0 Å². The number of hydrogen-bond donors (Lipinski definition) is 4. The Morgan fingerprint density at radius 2 is 2.12 bits per heavy atom. The number of anilines is 1. The first-order valence-electron chi connectivity index (χ1n) is 4.90. The molecule has 1 rings (SSSR count). The zero-order chi connectivity index (χ0) is 13.2. The first kappa shape index (κ1) is 13.8. The first-order chi connectivity index (χ1) is 7.88. The average molecular weight is 258 g/mol. The van der Waals surface area contributed by atoms with E-state index in [-0.39, 0.29) is 22.7 Å². The van der Waals surface area contributed by atoms with Gasteiger partial charge >= 0.3 is 0 Å². The van der Waals surface area contributed by atoms with Gasteiger partial charge in [0.2, 0.25) is 0 Å². The molecule has 0 heterocycles. The summed E-state index contributed by atoms with van der Waals surface area (Å²) in [5.74, 6) is 0.0301. The Morgan fingerprint density at radius 3 is 2.59 bits per heavy atom. The normalized spacial score (nSPS) is 14.4. The maximum Gasteiger partial charge on any atom is 0.292 e. The molecule has 0 bridgehead atoms. The number of nitro groups is 1. The van der Waals surface area contributed by atoms with Gasteiger partial charge in [0.15, 0.2) is 0 Å². The molecule has 0 saturated carbocycles. The fourth-order valence-corrected chi connectivity index (χ4v) is 1.71. The topological polar surface area (TPSA) is 110 Å². The van der Waals surface area contributed by atoms with Gasteiger partial charge in [-0.05, 0) is 12.5 Å². The fourth-order valence-electron chi connectivity index (χ4n) is 1.51. The second kappa shape index (κ2) is 5.35. The largest absolute Gasteiger partial charge is 0.393 e. The van der Waals surface area contributed by atoms with Crippen molar-refractivity contribution < 1.29 is 15.1 Å². The molecule has 2 unspecified atom stereocenters. The Labute approximate surface area is 104 Å². The Hall–Kier alpha value is -1.31. The third-order valence-electron chi connectivity index (χ3n) is 2.40. The molecule has 0 aliphatic heterocycles. The summed E-state index contributed by atoms with van der Waals surface area (Å²) < 4.78 is 0. The van der Waals surface area contributed by atoms with E-state index in [0.717, 1.165) is 0 Å². The van der Waals surface area contributed by atoms with E-state index < -0.39 is 17.1 Å². The molecule has 1 aromatic carbocycles. The van der Waals surface area contributed by atoms with Crippen molar-refractivity contribution in [2.45, 2.75) is 19.1 Å². The number of aryl methyl sites for hydroxylation is 1. The molecule has 0 saturated heterocycles. The summed E-state index contributed by atoms with van der Waals surface area (Å²) in [5, 5.41) is 30.0. The van der Waals surface area contributed by atoms with Crippen LogP contribution in [0.5, 0.6) is 0 Å². The zero-order valence-corrected chi connectivity index (χ0v) is 10.1. The van der Waals surface area contributed by atoms with Gasteiger partial charge < -0.3 is 15.9 Å². The molecule has 0 amide bonds. The Balaban J connectivity index is 3.29. The number of nitrogen functional groups attached to an aromatic ring is 1. The summed E-state index contributed by atoms with van der Waals surface area (Å²) in [7, 11) is 0. The van der Waals surface area contributed by atoms with E-state index >= 15 is 0 Å². The molecule has 17 heavy (non-hydrogen) atoms. The van der Waals surface area contributed by atoms with E-state index in [9.17, 15) is 20.3 Å². The van der Waals surface area contributed by atoms with Crippen LogP contribution < -0.4 is 5.73 Å². The van der Waals surface area contributed by atoms with Crippen LogP contribution in [0.2, 0.25) is 0 Å². The second-order valence-corrected chi connectivity index (χ2v) is 4.10. The summed E-state index contributed by atoms with van der Waals surface area (Å²) in [4.78, 5) is 10.1. The number of nitrogens with two attached hydrogens (primary N) is 1. The molecule has 4 N–H and O–H groups in total. The van der Waals surface area contributed by atoms with E-state index in [4.69, 9.17) is 5.73 Å². The van der Waals surface area contributed by atoms with Crippen molar-refractivity contribution in [2.24, 2.45) is 0 Å². The molecule has 0 spiro atoms. The third kappa shape index (κ3) is 2.87. The van der Waals surface area contributed by atoms with Crippen LogP contribution in [0.15, 0.2) is 12.1 Å². The minimum atomic E-state index is -1.29. The van der Waals surface area contributed by atoms with Crippen LogP contribution in [-0.2, 0) is 0 Å². The molecule has 6 nitrogen and oxygen atoms in total. The fraction of sp³-hybridized carbons (Fsp3) is 0.400. The van der Waals surface area contributed by atoms with Crippen molar-refractivity contribution in [2.75, 3.05) is 11.5 Å². The van der Waals surface area contributed by atoms with Crippen LogP contribution >= 0.6 is 12.6 Å². The van der Waals surface area contributed by atoms with Crippen LogP contribution in [0.25, 0.3) is 0 Å². The maximum atomic E-state index is 10.8. The monoisotopic (exact) mass is 258 g/mol. The Morgan fingerprint density at radius 1 is 1.53 bits per heavy atom. The zero-order valence-electron chi connectivity index (χ0n) is 9.20. The van der Waals surface area contributed by atoms with Gasteiger partial charge in [0, 0.05) is 17.4 Å². The highest BCUT2D eigenvalue weighted by Crippen LogP contribution is 2.32. The van der Waals surface area contributed by atoms with Crippen molar-refractivity contribution >= 4 is 24.0 Å². The molecule has 94 valence electrons. The summed E-state index contributed by atoms with van der Waals surface area (Å²) in [6, 6.07) is 2.83. The van der Waals surface area contributed by atoms with Crippen LogP contribution in [0.1, 0.15) is 17.2 Å². The maximum absolute atomic E-state index is 10.8. The summed E-state index contributed by atoms with van der Waals surface area (Å²) >= 11 is 3.85. The molecule has 7 heteroatoms. The molecular weight excluding hydrogens is 244 g/mol. The van der Waals surface area contributed by atoms with Crippen molar-refractivity contribution in [1.29, 1.82) is 0 Å². The second-order valence-electron chi connectivity index (χ2n) is 3.74. The molecule has 0 fully saturated rings. The van der Waals surface area contributed by atoms with Gasteiger partial charge in [-0.3, -0.25) is 10.1 Å². The highest BCUT2D eigenvalue weighted by molar-refractivity contribution is 7.80. The minimum Gasteiger partial charge on any atom is -0.393 e. The number of benzene rings is 1. The van der Waals surface area contributed by atoms with Gasteiger partial charge in [-0.15, -0.1) is 0 Å². The van der Waals surface area contributed by atoms with E-state index in [2.05, 4.69) is 12.6 Å². The van der Waals surface area contributed by atoms with Crippen molar-refractivity contribution in [3.8, 4) is 0 Å². The van der Waals surface area contributed by atoms with Crippen LogP contribution in [0.3, 0.4) is 0 Å². The molecule has 0 aliphatic carbocycles. The molecule has 2 atom stereocenters. The van der Waals surface area contributed by atoms with E-state index in [0.29, 0.717) is 5.56 Å². The van der Waals surface area contributed by atoms with Crippen molar-refractivity contribution in [3.63, 3.8) is 0 Å². The molecule has 0 radical (unpaired) electrons. The lowest BCUT2D eigenvalue weighted by Crippen LogP contribution is -2.21. The highest BCUT2D eigenvalue weighted by atomic mass is 32.1. The number of rotatable bonds is 4. The molecule has 1 aromatic rings. The minimum absolute atomic E-state index is 0.0301. The summed E-state index contributed by atoms with van der Waals surface area (Å²) in [5.41, 5.74) is 5.95. The summed E-state index contributed by atoms with van der Waals surface area (Å²) in [6.07, 6.45) is -2.41. The molecule has 0 aliphatic rings. The van der Waals surface area contributed by atoms with Crippen molar-refractivity contribution in [1.82, 2.24) is 0 Å². The SMILES string of the molecule is Cc1cc(C(O)C(O)CS)c(N)c([N+](=O)[O-])c1. The number of aliphatic hydroxyl groups is 2. The average Bonchev–Trinajstić information content (AvgIpc) is 2.29. The van der Waals surface area contributed by atoms with Crippen LogP contribution in [-0.4, -0.2) is 27.0 Å². The smallest absolute Gasteiger partial charge is 0.292 e. The molecule has 0 aromatic heterocycles. The standard InChI is InChI=1S/C10H14N2O4S/c1-5-2-6(10(14)8(13)4-17)9(11)7(3-5)12(15)16/h2-3,8,10,13-14,17H,4,11H2,1H3. The lowest BCUT2D eigenvalue weighted by molar-refractivity contribution is -0.384. The lowest BCUT2D eigenvalue weighted by atomic mass is 10.00. The Kier molecular flexibility index (Phi) is 4.33. The lowest BCUT2D eigenvalue weighted by Gasteiger charge is -2.18. The van der Waals surface area contributed by atoms with Gasteiger partial charge in [-0.2, -0.15) is 12.6 Å². The number of nitrogens with zero attached hydrogens (tertiary/aromatic N) is 1. The number of nitro benzene ring substituents is 1. The number of thiol groups is 1. The van der Waals surface area contributed by atoms with E-state index in [1.54, 1.807) is 6.92 Å². The molecular formula is C10H14N2O4S. The van der Waals surface area contributed by atoms with E-state index in [1.807, 2.05) is 0 Å². The van der Waals surface area contributed by atoms with E-state index in [1.165, 1.54) is 12.1 Å².